The summed E-state index contributed by atoms with van der Waals surface area (Å²) in [6.45, 7) is 8.18. The van der Waals surface area contributed by atoms with Crippen LogP contribution in [-0.4, -0.2) is 40.7 Å². The number of benzene rings is 1. The van der Waals surface area contributed by atoms with Gasteiger partial charge in [-0.2, -0.15) is 0 Å². The molecular formula is C25H32ClN5. The van der Waals surface area contributed by atoms with Crippen LogP contribution in [0.5, 0.6) is 0 Å². The van der Waals surface area contributed by atoms with Crippen LogP contribution in [0.3, 0.4) is 0 Å². The Hall–Kier alpha value is -2.21. The first-order valence-electron chi connectivity index (χ1n) is 11.3. The van der Waals surface area contributed by atoms with Crippen molar-refractivity contribution in [3.8, 4) is 0 Å². The van der Waals surface area contributed by atoms with Crippen molar-refractivity contribution in [2.45, 2.75) is 38.1 Å². The lowest BCUT2D eigenvalue weighted by Gasteiger charge is -2.15. The molecule has 0 amide bonds. The van der Waals surface area contributed by atoms with Gasteiger partial charge in [-0.1, -0.05) is 54.6 Å². The maximum atomic E-state index is 6.32. The standard InChI is InChI=1S/C25H32ClN5/c1-2-21-17-31(25-23(21)24(26)29-18-30-25)22-10-9-20(15-22)16-28-13-6-12-27-14-11-19-7-4-3-5-8-19/h2-5,7-8,17-18,20,22,27-28H,1,6,9-16H2. The summed E-state index contributed by atoms with van der Waals surface area (Å²) in [7, 11) is 0. The van der Waals surface area contributed by atoms with Crippen LogP contribution >= 0.6 is 11.6 Å². The lowest BCUT2D eigenvalue weighted by molar-refractivity contribution is 0.452. The number of rotatable bonds is 11. The normalized spacial score (nSPS) is 18.6. The molecule has 2 N–H and O–H groups in total. The van der Waals surface area contributed by atoms with Crippen molar-refractivity contribution in [3.05, 3.63) is 65.7 Å². The Morgan fingerprint density at radius 1 is 1.10 bits per heavy atom. The topological polar surface area (TPSA) is 54.8 Å². The highest BCUT2D eigenvalue weighted by molar-refractivity contribution is 6.34. The van der Waals surface area contributed by atoms with Crippen LogP contribution in [0, 0.1) is 5.92 Å². The van der Waals surface area contributed by atoms with Gasteiger partial charge in [0.15, 0.2) is 0 Å². The maximum Gasteiger partial charge on any atom is 0.145 e. The molecule has 0 aliphatic heterocycles. The molecule has 2 atom stereocenters. The Kier molecular flexibility index (Phi) is 7.73. The SMILES string of the molecule is C=Cc1cn(C2CCC(CNCCCNCCc3ccccc3)C2)c2ncnc(Cl)c12. The van der Waals surface area contributed by atoms with Crippen LogP contribution < -0.4 is 10.6 Å². The molecule has 6 heteroatoms. The van der Waals surface area contributed by atoms with E-state index in [9.17, 15) is 0 Å². The molecule has 2 aromatic heterocycles. The van der Waals surface area contributed by atoms with Gasteiger partial charge in [0.1, 0.15) is 17.1 Å². The molecule has 1 aliphatic carbocycles. The summed E-state index contributed by atoms with van der Waals surface area (Å²) in [6.07, 6.45) is 11.4. The molecule has 5 nitrogen and oxygen atoms in total. The van der Waals surface area contributed by atoms with E-state index in [1.54, 1.807) is 6.33 Å². The molecule has 31 heavy (non-hydrogen) atoms. The summed E-state index contributed by atoms with van der Waals surface area (Å²) in [4.78, 5) is 8.65. The highest BCUT2D eigenvalue weighted by atomic mass is 35.5. The van der Waals surface area contributed by atoms with Crippen molar-refractivity contribution in [2.75, 3.05) is 26.2 Å². The molecule has 164 valence electrons. The minimum absolute atomic E-state index is 0.466. The minimum Gasteiger partial charge on any atom is -0.329 e. The van der Waals surface area contributed by atoms with Crippen LogP contribution in [0.25, 0.3) is 17.1 Å². The van der Waals surface area contributed by atoms with E-state index in [1.165, 1.54) is 24.8 Å². The van der Waals surface area contributed by atoms with Crippen LogP contribution in [0.15, 0.2) is 49.4 Å². The number of halogens is 1. The van der Waals surface area contributed by atoms with E-state index in [0.717, 1.165) is 55.6 Å². The molecule has 1 saturated carbocycles. The second-order valence-electron chi connectivity index (χ2n) is 8.44. The molecule has 0 radical (unpaired) electrons. The molecule has 2 unspecified atom stereocenters. The highest BCUT2D eigenvalue weighted by Crippen LogP contribution is 2.38. The average molecular weight is 438 g/mol. The summed E-state index contributed by atoms with van der Waals surface area (Å²) >= 11 is 6.32. The zero-order valence-corrected chi connectivity index (χ0v) is 18.8. The van der Waals surface area contributed by atoms with Gasteiger partial charge < -0.3 is 15.2 Å². The van der Waals surface area contributed by atoms with E-state index in [-0.39, 0.29) is 0 Å². The van der Waals surface area contributed by atoms with Crippen LogP contribution in [-0.2, 0) is 6.42 Å². The lowest BCUT2D eigenvalue weighted by atomic mass is 10.1. The van der Waals surface area contributed by atoms with Gasteiger partial charge in [-0.05, 0) is 69.8 Å². The number of hydrogen-bond donors (Lipinski definition) is 2. The number of nitrogens with one attached hydrogen (secondary N) is 2. The molecule has 1 aliphatic rings. The molecule has 1 aromatic carbocycles. The Labute approximate surface area is 189 Å². The molecule has 1 fully saturated rings. The van der Waals surface area contributed by atoms with Gasteiger partial charge in [0.25, 0.3) is 0 Å². The van der Waals surface area contributed by atoms with Crippen molar-refractivity contribution in [3.63, 3.8) is 0 Å². The molecule has 3 aromatic rings. The van der Waals surface area contributed by atoms with Gasteiger partial charge in [-0.15, -0.1) is 0 Å². The molecule has 0 saturated heterocycles. The third-order valence-electron chi connectivity index (χ3n) is 6.29. The zero-order chi connectivity index (χ0) is 21.5. The maximum absolute atomic E-state index is 6.32. The van der Waals surface area contributed by atoms with Crippen molar-refractivity contribution in [1.29, 1.82) is 0 Å². The van der Waals surface area contributed by atoms with E-state index in [0.29, 0.717) is 17.1 Å². The first kappa shape index (κ1) is 22.0. The fraction of sp³-hybridized carbons (Fsp3) is 0.440. The fourth-order valence-electron chi connectivity index (χ4n) is 4.64. The number of nitrogens with zero attached hydrogens (tertiary/aromatic N) is 3. The van der Waals surface area contributed by atoms with Gasteiger partial charge in [0, 0.05) is 17.8 Å². The van der Waals surface area contributed by atoms with E-state index < -0.39 is 0 Å². The largest absolute Gasteiger partial charge is 0.329 e. The van der Waals surface area contributed by atoms with E-state index >= 15 is 0 Å². The van der Waals surface area contributed by atoms with Crippen molar-refractivity contribution < 1.29 is 0 Å². The average Bonchev–Trinajstić information content (AvgIpc) is 3.41. The van der Waals surface area contributed by atoms with Gasteiger partial charge in [-0.3, -0.25) is 0 Å². The predicted molar refractivity (Wildman–Crippen MR) is 130 cm³/mol. The van der Waals surface area contributed by atoms with Crippen molar-refractivity contribution in [2.24, 2.45) is 5.92 Å². The van der Waals surface area contributed by atoms with Gasteiger partial charge in [-0.25, -0.2) is 9.97 Å². The third kappa shape index (κ3) is 5.53. The predicted octanol–water partition coefficient (Wildman–Crippen LogP) is 4.88. The van der Waals surface area contributed by atoms with Gasteiger partial charge >= 0.3 is 0 Å². The summed E-state index contributed by atoms with van der Waals surface area (Å²) < 4.78 is 2.29. The zero-order valence-electron chi connectivity index (χ0n) is 18.1. The van der Waals surface area contributed by atoms with Crippen LogP contribution in [0.4, 0.5) is 0 Å². The van der Waals surface area contributed by atoms with Crippen molar-refractivity contribution >= 4 is 28.7 Å². The van der Waals surface area contributed by atoms with E-state index in [1.807, 2.05) is 6.08 Å². The number of aromatic nitrogens is 3. The van der Waals surface area contributed by atoms with Crippen LogP contribution in [0.2, 0.25) is 5.15 Å². The highest BCUT2D eigenvalue weighted by Gasteiger charge is 2.27. The fourth-order valence-corrected chi connectivity index (χ4v) is 4.88. The second-order valence-corrected chi connectivity index (χ2v) is 8.79. The Morgan fingerprint density at radius 3 is 2.77 bits per heavy atom. The Bertz CT molecular complexity index is 984. The lowest BCUT2D eigenvalue weighted by Crippen LogP contribution is -2.26. The molecular weight excluding hydrogens is 406 g/mol. The minimum atomic E-state index is 0.466. The first-order valence-corrected chi connectivity index (χ1v) is 11.7. The Balaban J connectivity index is 1.16. The summed E-state index contributed by atoms with van der Waals surface area (Å²) in [5.41, 5.74) is 3.34. The second kappa shape index (κ2) is 10.9. The summed E-state index contributed by atoms with van der Waals surface area (Å²) in [5, 5.41) is 8.63. The van der Waals surface area contributed by atoms with E-state index in [4.69, 9.17) is 11.6 Å². The smallest absolute Gasteiger partial charge is 0.145 e. The molecule has 0 spiro atoms. The monoisotopic (exact) mass is 437 g/mol. The summed E-state index contributed by atoms with van der Waals surface area (Å²) in [6, 6.07) is 11.1. The van der Waals surface area contributed by atoms with Crippen LogP contribution in [0.1, 0.15) is 42.9 Å². The summed E-state index contributed by atoms with van der Waals surface area (Å²) in [5.74, 6) is 0.706. The Morgan fingerprint density at radius 2 is 1.94 bits per heavy atom. The van der Waals surface area contributed by atoms with Gasteiger partial charge in [0.2, 0.25) is 0 Å². The number of hydrogen-bond acceptors (Lipinski definition) is 4. The quantitative estimate of drug-likeness (QED) is 0.331. The first-order chi connectivity index (χ1) is 15.3. The number of fused-ring (bicyclic) bond motifs is 1. The third-order valence-corrected chi connectivity index (χ3v) is 6.58. The van der Waals surface area contributed by atoms with E-state index in [2.05, 4.69) is 68.3 Å². The molecule has 4 rings (SSSR count). The van der Waals surface area contributed by atoms with Gasteiger partial charge in [0.05, 0.1) is 5.39 Å². The van der Waals surface area contributed by atoms with Crippen molar-refractivity contribution in [1.82, 2.24) is 25.2 Å². The molecule has 2 heterocycles. The molecule has 0 bridgehead atoms.